The Morgan fingerprint density at radius 1 is 1.36 bits per heavy atom. The second-order valence-corrected chi connectivity index (χ2v) is 5.87. The average molecular weight is 342 g/mol. The van der Waals surface area contributed by atoms with Gasteiger partial charge in [0, 0.05) is 6.04 Å². The van der Waals surface area contributed by atoms with Crippen LogP contribution in [-0.4, -0.2) is 49.1 Å². The molecule has 2 N–H and O–H groups in total. The molecule has 0 saturated heterocycles. The molecule has 0 bridgehead atoms. The van der Waals surface area contributed by atoms with Crippen molar-refractivity contribution in [2.24, 2.45) is 0 Å². The number of nitrogens with one attached hydrogen (secondary N) is 1. The summed E-state index contributed by atoms with van der Waals surface area (Å²) in [7, 11) is 0. The zero-order valence-electron chi connectivity index (χ0n) is 13.9. The zero-order chi connectivity index (χ0) is 18.1. The van der Waals surface area contributed by atoms with Gasteiger partial charge in [0.15, 0.2) is 0 Å². The molecular formula is C17H18N4O4. The van der Waals surface area contributed by atoms with Crippen molar-refractivity contribution in [3.63, 3.8) is 0 Å². The summed E-state index contributed by atoms with van der Waals surface area (Å²) in [6, 6.07) is 6.68. The molecule has 0 aliphatic carbocycles. The van der Waals surface area contributed by atoms with E-state index >= 15 is 0 Å². The number of carbonyl (C=O) groups is 2. The molecule has 130 valence electrons. The van der Waals surface area contributed by atoms with Crippen LogP contribution in [0.5, 0.6) is 0 Å². The molecule has 2 heterocycles. The van der Waals surface area contributed by atoms with E-state index in [1.807, 2.05) is 6.92 Å². The van der Waals surface area contributed by atoms with Crippen LogP contribution in [0.1, 0.15) is 30.6 Å². The number of fused-ring (bicyclic) bond motifs is 3. The Balaban J connectivity index is 2.16. The Morgan fingerprint density at radius 2 is 2.08 bits per heavy atom. The van der Waals surface area contributed by atoms with Gasteiger partial charge in [-0.05, 0) is 25.5 Å². The monoisotopic (exact) mass is 342 g/mol. The highest BCUT2D eigenvalue weighted by Gasteiger charge is 2.26. The summed E-state index contributed by atoms with van der Waals surface area (Å²) in [4.78, 5) is 40.2. The van der Waals surface area contributed by atoms with Crippen LogP contribution < -0.4 is 5.56 Å². The first-order valence-electron chi connectivity index (χ1n) is 7.95. The third kappa shape index (κ3) is 2.86. The fourth-order valence-electron chi connectivity index (χ4n) is 2.78. The van der Waals surface area contributed by atoms with Crippen molar-refractivity contribution in [1.29, 1.82) is 0 Å². The number of hydrogen-bond acceptors (Lipinski definition) is 4. The van der Waals surface area contributed by atoms with Gasteiger partial charge in [0.1, 0.15) is 17.8 Å². The van der Waals surface area contributed by atoms with E-state index in [9.17, 15) is 14.4 Å². The predicted octanol–water partition coefficient (Wildman–Crippen LogP) is 1.50. The van der Waals surface area contributed by atoms with Gasteiger partial charge in [0.05, 0.1) is 17.1 Å². The van der Waals surface area contributed by atoms with Gasteiger partial charge in [-0.15, -0.1) is 0 Å². The van der Waals surface area contributed by atoms with Crippen molar-refractivity contribution in [2.75, 3.05) is 6.54 Å². The van der Waals surface area contributed by atoms with E-state index < -0.39 is 18.4 Å². The number of carbonyl (C=O) groups excluding carboxylic acids is 1. The van der Waals surface area contributed by atoms with Crippen molar-refractivity contribution in [3.05, 3.63) is 46.4 Å². The highest BCUT2D eigenvalue weighted by Crippen LogP contribution is 2.17. The summed E-state index contributed by atoms with van der Waals surface area (Å²) in [6.07, 6.45) is 1.97. The van der Waals surface area contributed by atoms with Crippen LogP contribution in [0.3, 0.4) is 0 Å². The second kappa shape index (κ2) is 6.39. The van der Waals surface area contributed by atoms with Gasteiger partial charge in [0.25, 0.3) is 11.5 Å². The number of para-hydroxylation sites is 1. The van der Waals surface area contributed by atoms with Gasteiger partial charge in [0.2, 0.25) is 0 Å². The topological polar surface area (TPSA) is 108 Å². The van der Waals surface area contributed by atoms with E-state index in [2.05, 4.69) is 10.1 Å². The molecule has 8 heteroatoms. The summed E-state index contributed by atoms with van der Waals surface area (Å²) >= 11 is 0. The highest BCUT2D eigenvalue weighted by atomic mass is 16.4. The smallest absolute Gasteiger partial charge is 0.323 e. The van der Waals surface area contributed by atoms with Crippen LogP contribution in [-0.2, 0) is 4.79 Å². The number of H-pyrrole nitrogens is 1. The molecule has 2 aromatic heterocycles. The Kier molecular flexibility index (Phi) is 4.26. The fourth-order valence-corrected chi connectivity index (χ4v) is 2.78. The quantitative estimate of drug-likeness (QED) is 0.730. The lowest BCUT2D eigenvalue weighted by Crippen LogP contribution is -2.41. The Bertz CT molecular complexity index is 1020. The molecule has 1 atom stereocenters. The normalized spacial score (nSPS) is 12.4. The molecule has 3 rings (SSSR count). The van der Waals surface area contributed by atoms with Gasteiger partial charge in [-0.2, -0.15) is 5.10 Å². The summed E-state index contributed by atoms with van der Waals surface area (Å²) in [5.74, 6) is -1.57. The average Bonchev–Trinajstić information content (AvgIpc) is 3.02. The molecular weight excluding hydrogens is 324 g/mol. The summed E-state index contributed by atoms with van der Waals surface area (Å²) < 4.78 is 1.49. The molecule has 1 aromatic carbocycles. The highest BCUT2D eigenvalue weighted by molar-refractivity contribution is 6.01. The number of aromatic amines is 1. The third-order valence-corrected chi connectivity index (χ3v) is 4.30. The molecule has 0 aliphatic heterocycles. The van der Waals surface area contributed by atoms with Crippen molar-refractivity contribution in [3.8, 4) is 0 Å². The Morgan fingerprint density at radius 3 is 2.76 bits per heavy atom. The summed E-state index contributed by atoms with van der Waals surface area (Å²) in [5, 5.41) is 13.8. The first-order chi connectivity index (χ1) is 11.9. The van der Waals surface area contributed by atoms with E-state index in [1.54, 1.807) is 31.2 Å². The molecule has 0 aliphatic rings. The number of benzene rings is 1. The van der Waals surface area contributed by atoms with Crippen molar-refractivity contribution >= 4 is 28.4 Å². The maximum Gasteiger partial charge on any atom is 0.323 e. The van der Waals surface area contributed by atoms with Gasteiger partial charge >= 0.3 is 5.97 Å². The maximum absolute atomic E-state index is 12.9. The van der Waals surface area contributed by atoms with Crippen LogP contribution in [0.25, 0.3) is 16.6 Å². The number of carboxylic acids is 1. The lowest BCUT2D eigenvalue weighted by atomic mass is 10.1. The maximum atomic E-state index is 12.9. The summed E-state index contributed by atoms with van der Waals surface area (Å²) in [6.45, 7) is 3.24. The third-order valence-electron chi connectivity index (χ3n) is 4.30. The second-order valence-electron chi connectivity index (χ2n) is 5.87. The number of amides is 1. The lowest BCUT2D eigenvalue weighted by Gasteiger charge is -2.26. The first-order valence-corrected chi connectivity index (χ1v) is 7.95. The number of rotatable bonds is 5. The first kappa shape index (κ1) is 16.7. The molecule has 0 saturated carbocycles. The number of aromatic nitrogens is 3. The molecule has 1 amide bonds. The van der Waals surface area contributed by atoms with Crippen LogP contribution in [0.2, 0.25) is 0 Å². The molecule has 8 nitrogen and oxygen atoms in total. The van der Waals surface area contributed by atoms with E-state index in [4.69, 9.17) is 5.11 Å². The van der Waals surface area contributed by atoms with E-state index in [0.717, 1.165) is 0 Å². The molecule has 0 fully saturated rings. The van der Waals surface area contributed by atoms with Crippen LogP contribution in [0, 0.1) is 0 Å². The molecule has 1 unspecified atom stereocenters. The van der Waals surface area contributed by atoms with Crippen LogP contribution >= 0.6 is 0 Å². The molecule has 0 radical (unpaired) electrons. The molecule has 25 heavy (non-hydrogen) atoms. The minimum absolute atomic E-state index is 0.171. The van der Waals surface area contributed by atoms with Crippen molar-refractivity contribution < 1.29 is 14.7 Å². The fraction of sp³-hybridized carbons (Fsp3) is 0.294. The van der Waals surface area contributed by atoms with Gasteiger partial charge in [-0.3, -0.25) is 14.4 Å². The largest absolute Gasteiger partial charge is 0.480 e. The minimum atomic E-state index is -1.09. The number of hydrogen-bond donors (Lipinski definition) is 2. The zero-order valence-corrected chi connectivity index (χ0v) is 13.9. The predicted molar refractivity (Wildman–Crippen MR) is 91.7 cm³/mol. The van der Waals surface area contributed by atoms with E-state index in [1.165, 1.54) is 15.6 Å². The van der Waals surface area contributed by atoms with Gasteiger partial charge in [-0.1, -0.05) is 19.1 Å². The number of nitrogens with zero attached hydrogens (tertiary/aromatic N) is 3. The van der Waals surface area contributed by atoms with Crippen LogP contribution in [0.4, 0.5) is 0 Å². The Hall–Kier alpha value is -3.16. The number of carboxylic acid groups (broad SMARTS) is 1. The van der Waals surface area contributed by atoms with Crippen LogP contribution in [0.15, 0.2) is 35.3 Å². The van der Waals surface area contributed by atoms with Gasteiger partial charge in [-0.25, -0.2) is 4.52 Å². The standard InChI is InChI=1S/C17H18N4O4/c1-3-10(2)20(9-14(22)23)17(25)12-8-18-21-13-7-5-4-6-11(13)16(24)19-15(12)21/h4-8,10H,3,9H2,1-2H3,(H,19,24)(H,22,23). The van der Waals surface area contributed by atoms with E-state index in [-0.39, 0.29) is 22.8 Å². The van der Waals surface area contributed by atoms with Gasteiger partial charge < -0.3 is 15.0 Å². The lowest BCUT2D eigenvalue weighted by molar-refractivity contribution is -0.138. The van der Waals surface area contributed by atoms with Crippen molar-refractivity contribution in [1.82, 2.24) is 19.5 Å². The molecule has 3 aromatic rings. The Labute approximate surface area is 142 Å². The van der Waals surface area contributed by atoms with E-state index in [0.29, 0.717) is 17.3 Å². The minimum Gasteiger partial charge on any atom is -0.480 e. The summed E-state index contributed by atoms with van der Waals surface area (Å²) in [5.41, 5.74) is 0.677. The molecule has 0 spiro atoms. The van der Waals surface area contributed by atoms with Crippen molar-refractivity contribution in [2.45, 2.75) is 26.3 Å². The SMILES string of the molecule is CCC(C)N(CC(=O)O)C(=O)c1cnn2c1[nH]c(=O)c1ccccc12. The number of aliphatic carboxylic acids is 1.